The first-order valence-corrected chi connectivity index (χ1v) is 9.79. The van der Waals surface area contributed by atoms with Crippen LogP contribution < -0.4 is 14.2 Å². The monoisotopic (exact) mass is 395 g/mol. The lowest BCUT2D eigenvalue weighted by atomic mass is 10.1. The Morgan fingerprint density at radius 3 is 2.66 bits per heavy atom. The fraction of sp³-hybridized carbons (Fsp3) is 0.364. The fourth-order valence-electron chi connectivity index (χ4n) is 3.54. The number of methoxy groups -OCH3 is 1. The molecule has 0 unspecified atom stereocenters. The molecule has 29 heavy (non-hydrogen) atoms. The third kappa shape index (κ3) is 4.68. The molecule has 0 radical (unpaired) electrons. The van der Waals surface area contributed by atoms with Crippen molar-refractivity contribution in [2.75, 3.05) is 46.5 Å². The van der Waals surface area contributed by atoms with Crippen molar-refractivity contribution in [3.8, 4) is 17.2 Å². The molecule has 1 aromatic heterocycles. The molecule has 0 N–H and O–H groups in total. The number of piperazine rings is 1. The highest BCUT2D eigenvalue weighted by Crippen LogP contribution is 2.40. The number of carbonyl (C=O) groups excluding carboxylic acids is 1. The topological polar surface area (TPSA) is 64.1 Å². The van der Waals surface area contributed by atoms with Crippen LogP contribution in [0.2, 0.25) is 0 Å². The minimum absolute atomic E-state index is 0.0161. The minimum atomic E-state index is 0.0161. The van der Waals surface area contributed by atoms with Crippen molar-refractivity contribution in [2.24, 2.45) is 0 Å². The Balaban J connectivity index is 1.34. The summed E-state index contributed by atoms with van der Waals surface area (Å²) in [6.45, 7) is 5.06. The van der Waals surface area contributed by atoms with E-state index in [0.717, 1.165) is 38.3 Å². The predicted molar refractivity (Wildman–Crippen MR) is 109 cm³/mol. The van der Waals surface area contributed by atoms with Gasteiger partial charge >= 0.3 is 0 Å². The van der Waals surface area contributed by atoms with E-state index in [2.05, 4.69) is 9.88 Å². The maximum absolute atomic E-state index is 12.6. The summed E-state index contributed by atoms with van der Waals surface area (Å²) in [4.78, 5) is 20.9. The summed E-state index contributed by atoms with van der Waals surface area (Å²) in [5.41, 5.74) is 2.09. The van der Waals surface area contributed by atoms with Crippen molar-refractivity contribution in [3.05, 3.63) is 53.9 Å². The molecule has 0 spiro atoms. The summed E-state index contributed by atoms with van der Waals surface area (Å²) >= 11 is 0. The quantitative estimate of drug-likeness (QED) is 0.724. The molecule has 2 aromatic rings. The number of ether oxygens (including phenoxy) is 3. The average Bonchev–Trinajstić information content (AvgIpc) is 2.78. The maximum atomic E-state index is 12.6. The van der Waals surface area contributed by atoms with Gasteiger partial charge in [0.05, 0.1) is 7.11 Å². The summed E-state index contributed by atoms with van der Waals surface area (Å²) in [6.07, 6.45) is 7.04. The molecule has 7 nitrogen and oxygen atoms in total. The SMILES string of the molecule is COc1cc(/C=C/C(=O)N2CCN(Cc3ccncc3)CC2)cc2c1OCCO2. The van der Waals surface area contributed by atoms with E-state index in [-0.39, 0.29) is 5.91 Å². The van der Waals surface area contributed by atoms with Crippen molar-refractivity contribution in [3.63, 3.8) is 0 Å². The largest absolute Gasteiger partial charge is 0.493 e. The molecule has 7 heteroatoms. The van der Waals surface area contributed by atoms with Crippen LogP contribution in [0.3, 0.4) is 0 Å². The van der Waals surface area contributed by atoms with Crippen LogP contribution in [0.5, 0.6) is 17.2 Å². The third-order valence-corrected chi connectivity index (χ3v) is 5.11. The van der Waals surface area contributed by atoms with Crippen molar-refractivity contribution in [1.29, 1.82) is 0 Å². The van der Waals surface area contributed by atoms with Crippen LogP contribution in [0.25, 0.3) is 6.08 Å². The lowest BCUT2D eigenvalue weighted by Gasteiger charge is -2.34. The van der Waals surface area contributed by atoms with Crippen molar-refractivity contribution >= 4 is 12.0 Å². The number of rotatable bonds is 5. The van der Waals surface area contributed by atoms with Gasteiger partial charge in [-0.15, -0.1) is 0 Å². The number of aromatic nitrogens is 1. The number of carbonyl (C=O) groups is 1. The van der Waals surface area contributed by atoms with Crippen molar-refractivity contribution in [2.45, 2.75) is 6.54 Å². The molecule has 0 saturated carbocycles. The number of nitrogens with zero attached hydrogens (tertiary/aromatic N) is 3. The smallest absolute Gasteiger partial charge is 0.246 e. The molecule has 4 rings (SSSR count). The van der Waals surface area contributed by atoms with Crippen molar-refractivity contribution < 1.29 is 19.0 Å². The zero-order valence-corrected chi connectivity index (χ0v) is 16.5. The van der Waals surface area contributed by atoms with Gasteiger partial charge in [-0.1, -0.05) is 0 Å². The second-order valence-corrected chi connectivity index (χ2v) is 7.04. The molecule has 3 heterocycles. The fourth-order valence-corrected chi connectivity index (χ4v) is 3.54. The normalized spacial score (nSPS) is 16.8. The Morgan fingerprint density at radius 1 is 1.14 bits per heavy atom. The van der Waals surface area contributed by atoms with Crippen LogP contribution in [-0.2, 0) is 11.3 Å². The molecule has 0 bridgehead atoms. The Morgan fingerprint density at radius 2 is 1.90 bits per heavy atom. The maximum Gasteiger partial charge on any atom is 0.246 e. The zero-order chi connectivity index (χ0) is 20.1. The van der Waals surface area contributed by atoms with Gasteiger partial charge in [0.2, 0.25) is 11.7 Å². The van der Waals surface area contributed by atoms with Crippen LogP contribution in [0, 0.1) is 0 Å². The highest BCUT2D eigenvalue weighted by molar-refractivity contribution is 5.92. The molecular formula is C22H25N3O4. The van der Waals surface area contributed by atoms with Gasteiger partial charge in [0.1, 0.15) is 13.2 Å². The number of pyridine rings is 1. The second-order valence-electron chi connectivity index (χ2n) is 7.04. The zero-order valence-electron chi connectivity index (χ0n) is 16.5. The van der Waals surface area contributed by atoms with Gasteiger partial charge in [-0.05, 0) is 41.5 Å². The predicted octanol–water partition coefficient (Wildman–Crippen LogP) is 2.22. The van der Waals surface area contributed by atoms with Crippen LogP contribution in [0.15, 0.2) is 42.7 Å². The van der Waals surface area contributed by atoms with Crippen LogP contribution >= 0.6 is 0 Å². The summed E-state index contributed by atoms with van der Waals surface area (Å²) in [5.74, 6) is 1.89. The number of hydrogen-bond acceptors (Lipinski definition) is 6. The summed E-state index contributed by atoms with van der Waals surface area (Å²) < 4.78 is 16.7. The minimum Gasteiger partial charge on any atom is -0.493 e. The van der Waals surface area contributed by atoms with E-state index in [0.29, 0.717) is 30.5 Å². The van der Waals surface area contributed by atoms with E-state index >= 15 is 0 Å². The van der Waals surface area contributed by atoms with Crippen LogP contribution in [0.4, 0.5) is 0 Å². The number of fused-ring (bicyclic) bond motifs is 1. The first-order chi connectivity index (χ1) is 14.2. The van der Waals surface area contributed by atoms with Crippen molar-refractivity contribution in [1.82, 2.24) is 14.8 Å². The van der Waals surface area contributed by atoms with Gasteiger partial charge in [-0.25, -0.2) is 0 Å². The molecule has 0 aliphatic carbocycles. The molecule has 1 amide bonds. The first-order valence-electron chi connectivity index (χ1n) is 9.79. The Bertz CT molecular complexity index is 860. The number of amides is 1. The highest BCUT2D eigenvalue weighted by atomic mass is 16.6. The van der Waals surface area contributed by atoms with Gasteiger partial charge in [0.25, 0.3) is 0 Å². The molecule has 1 saturated heterocycles. The van der Waals surface area contributed by atoms with E-state index in [1.165, 1.54) is 5.56 Å². The lowest BCUT2D eigenvalue weighted by Crippen LogP contribution is -2.47. The van der Waals surface area contributed by atoms with Gasteiger partial charge in [0, 0.05) is 51.2 Å². The number of benzene rings is 1. The van der Waals surface area contributed by atoms with Crippen LogP contribution in [-0.4, -0.2) is 67.2 Å². The third-order valence-electron chi connectivity index (χ3n) is 5.11. The Labute approximate surface area is 170 Å². The molecule has 152 valence electrons. The van der Waals surface area contributed by atoms with E-state index in [4.69, 9.17) is 14.2 Å². The summed E-state index contributed by atoms with van der Waals surface area (Å²) in [7, 11) is 1.59. The molecule has 1 aromatic carbocycles. The molecule has 2 aliphatic heterocycles. The van der Waals surface area contributed by atoms with Gasteiger partial charge in [-0.2, -0.15) is 0 Å². The Kier molecular flexibility index (Phi) is 5.95. The molecule has 0 atom stereocenters. The standard InChI is InChI=1S/C22H25N3O4/c1-27-19-14-18(15-20-22(19)29-13-12-28-20)2-3-21(26)25-10-8-24(9-11-25)16-17-4-6-23-7-5-17/h2-7,14-15H,8-13,16H2,1H3/b3-2+. The molecule has 1 fully saturated rings. The van der Waals surface area contributed by atoms with E-state index < -0.39 is 0 Å². The Hall–Kier alpha value is -3.06. The average molecular weight is 395 g/mol. The second kappa shape index (κ2) is 8.96. The summed E-state index contributed by atoms with van der Waals surface area (Å²) in [6, 6.07) is 7.78. The van der Waals surface area contributed by atoms with E-state index in [1.54, 1.807) is 19.3 Å². The van der Waals surface area contributed by atoms with Crippen LogP contribution in [0.1, 0.15) is 11.1 Å². The lowest BCUT2D eigenvalue weighted by molar-refractivity contribution is -0.127. The summed E-state index contributed by atoms with van der Waals surface area (Å²) in [5, 5.41) is 0. The van der Waals surface area contributed by atoms with Gasteiger partial charge in [-0.3, -0.25) is 14.7 Å². The first kappa shape index (κ1) is 19.3. The van der Waals surface area contributed by atoms with E-state index in [9.17, 15) is 4.79 Å². The molecular weight excluding hydrogens is 370 g/mol. The van der Waals surface area contributed by atoms with Gasteiger partial charge in [0.15, 0.2) is 11.5 Å². The molecule has 2 aliphatic rings. The highest BCUT2D eigenvalue weighted by Gasteiger charge is 2.20. The van der Waals surface area contributed by atoms with Gasteiger partial charge < -0.3 is 19.1 Å². The van der Waals surface area contributed by atoms with E-state index in [1.807, 2.05) is 41.6 Å². The number of hydrogen-bond donors (Lipinski definition) is 0.